The number of hydrogen-bond acceptors (Lipinski definition) is 2. The number of ether oxygens (including phenoxy) is 2. The van der Waals surface area contributed by atoms with E-state index in [2.05, 4.69) is 55.4 Å². The highest BCUT2D eigenvalue weighted by molar-refractivity contribution is 5.36. The van der Waals surface area contributed by atoms with Gasteiger partial charge in [0.15, 0.2) is 5.79 Å². The number of rotatable bonds is 0. The second kappa shape index (κ2) is 7.34. The molecule has 3 saturated carbocycles. The van der Waals surface area contributed by atoms with E-state index in [1.165, 1.54) is 38.5 Å². The fraction of sp³-hybridized carbons (Fsp3) is 0.935. The summed E-state index contributed by atoms with van der Waals surface area (Å²) in [5, 5.41) is 0. The van der Waals surface area contributed by atoms with Crippen molar-refractivity contribution in [2.45, 2.75) is 112 Å². The molecular weight excluding hydrogens is 404 g/mol. The molecule has 0 aromatic heterocycles. The first-order chi connectivity index (χ1) is 15.5. The molecule has 4 aliphatic carbocycles. The first kappa shape index (κ1) is 23.1. The van der Waals surface area contributed by atoms with Crippen LogP contribution < -0.4 is 0 Å². The van der Waals surface area contributed by atoms with Crippen LogP contribution in [0, 0.1) is 64.6 Å². The lowest BCUT2D eigenvalue weighted by molar-refractivity contribution is -0.287. The third-order valence-electron chi connectivity index (χ3n) is 12.5. The molecule has 0 aromatic carbocycles. The minimum atomic E-state index is -0.344. The molecule has 13 unspecified atom stereocenters. The molecule has 2 nitrogen and oxygen atoms in total. The van der Waals surface area contributed by atoms with Crippen molar-refractivity contribution in [2.75, 3.05) is 6.61 Å². The molecule has 0 amide bonds. The van der Waals surface area contributed by atoms with E-state index in [0.29, 0.717) is 23.2 Å². The highest BCUT2D eigenvalue weighted by Gasteiger charge is 2.68. The van der Waals surface area contributed by atoms with Crippen LogP contribution in [0.4, 0.5) is 0 Å². The van der Waals surface area contributed by atoms with Crippen molar-refractivity contribution in [1.29, 1.82) is 0 Å². The molecule has 1 spiro atoms. The maximum atomic E-state index is 7.16. The predicted molar refractivity (Wildman–Crippen MR) is 135 cm³/mol. The lowest BCUT2D eigenvalue weighted by Crippen LogP contribution is -2.51. The van der Waals surface area contributed by atoms with Gasteiger partial charge in [-0.25, -0.2) is 0 Å². The molecule has 33 heavy (non-hydrogen) atoms. The molecule has 6 aliphatic rings. The van der Waals surface area contributed by atoms with Gasteiger partial charge in [-0.2, -0.15) is 0 Å². The van der Waals surface area contributed by atoms with E-state index < -0.39 is 0 Å². The van der Waals surface area contributed by atoms with Gasteiger partial charge in [0.25, 0.3) is 0 Å². The third kappa shape index (κ3) is 2.98. The van der Waals surface area contributed by atoms with Gasteiger partial charge in [-0.1, -0.05) is 59.1 Å². The molecule has 0 N–H and O–H groups in total. The molecule has 13 atom stereocenters. The van der Waals surface area contributed by atoms with Crippen molar-refractivity contribution in [2.24, 2.45) is 64.6 Å². The summed E-state index contributed by atoms with van der Waals surface area (Å²) in [5.41, 5.74) is 4.05. The largest absolute Gasteiger partial charge is 0.349 e. The molecule has 2 aliphatic heterocycles. The lowest BCUT2D eigenvalue weighted by Gasteiger charge is -2.57. The van der Waals surface area contributed by atoms with Gasteiger partial charge in [0.05, 0.1) is 12.2 Å². The molecule has 6 rings (SSSR count). The van der Waals surface area contributed by atoms with E-state index >= 15 is 0 Å². The first-order valence-corrected chi connectivity index (χ1v) is 14.6. The Bertz CT molecular complexity index is 836. The Hall–Kier alpha value is -0.340. The van der Waals surface area contributed by atoms with Crippen LogP contribution in [0.5, 0.6) is 0 Å². The fourth-order valence-electron chi connectivity index (χ4n) is 11.5. The summed E-state index contributed by atoms with van der Waals surface area (Å²) in [7, 11) is 0. The van der Waals surface area contributed by atoms with Crippen molar-refractivity contribution in [3.8, 4) is 0 Å². The summed E-state index contributed by atoms with van der Waals surface area (Å²) < 4.78 is 13.8. The standard InChI is InChI=1S/C31H50O2/c1-17-9-10-23-13-19(3)25-24-15-30(8)27(22(6)31(33-30)12-11-18(2)16-32-31)20(4)26(24)21(5)28(25)29(23,7)14-17/h17-19,21-25,27-28H,9-16H2,1-8H3. The SMILES string of the molecule is CC1=C2C(C)C3C(C(C)CC4CCC(C)CC43C)C2CC2(C)OC3(CCC(C)CO3)C(C)C12. The zero-order valence-electron chi connectivity index (χ0n) is 22.7. The average Bonchev–Trinajstić information content (AvgIpc) is 3.15. The highest BCUT2D eigenvalue weighted by atomic mass is 16.7. The summed E-state index contributed by atoms with van der Waals surface area (Å²) in [6.45, 7) is 21.1. The zero-order chi connectivity index (χ0) is 23.5. The minimum Gasteiger partial charge on any atom is -0.349 e. The van der Waals surface area contributed by atoms with E-state index in [0.717, 1.165) is 54.5 Å². The third-order valence-corrected chi connectivity index (χ3v) is 12.5. The maximum Gasteiger partial charge on any atom is 0.172 e. The zero-order valence-corrected chi connectivity index (χ0v) is 22.7. The van der Waals surface area contributed by atoms with Crippen LogP contribution in [-0.4, -0.2) is 18.0 Å². The molecular formula is C31H50O2. The summed E-state index contributed by atoms with van der Waals surface area (Å²) in [5.74, 6) is 7.15. The van der Waals surface area contributed by atoms with Crippen LogP contribution in [-0.2, 0) is 9.47 Å². The predicted octanol–water partition coefficient (Wildman–Crippen LogP) is 7.87. The Morgan fingerprint density at radius 2 is 1.67 bits per heavy atom. The van der Waals surface area contributed by atoms with Crippen LogP contribution in [0.1, 0.15) is 100 Å². The van der Waals surface area contributed by atoms with E-state index in [-0.39, 0.29) is 11.4 Å². The Labute approximate surface area is 203 Å². The monoisotopic (exact) mass is 454 g/mol. The molecule has 5 fully saturated rings. The van der Waals surface area contributed by atoms with Crippen molar-refractivity contribution in [3.63, 3.8) is 0 Å². The van der Waals surface area contributed by atoms with Crippen LogP contribution in [0.25, 0.3) is 0 Å². The smallest absolute Gasteiger partial charge is 0.172 e. The van der Waals surface area contributed by atoms with Gasteiger partial charge < -0.3 is 9.47 Å². The maximum absolute atomic E-state index is 7.16. The average molecular weight is 455 g/mol. The quantitative estimate of drug-likeness (QED) is 0.347. The second-order valence-corrected chi connectivity index (χ2v) is 14.6. The molecule has 0 aromatic rings. The van der Waals surface area contributed by atoms with Gasteiger partial charge in [-0.05, 0) is 98.7 Å². The molecule has 2 heteroatoms. The van der Waals surface area contributed by atoms with Gasteiger partial charge in [0, 0.05) is 18.3 Å². The normalized spacial score (nSPS) is 60.4. The van der Waals surface area contributed by atoms with Crippen molar-refractivity contribution >= 4 is 0 Å². The van der Waals surface area contributed by atoms with Crippen LogP contribution in [0.15, 0.2) is 11.1 Å². The highest BCUT2D eigenvalue weighted by Crippen LogP contribution is 2.71. The summed E-state index contributed by atoms with van der Waals surface area (Å²) in [4.78, 5) is 0. The lowest BCUT2D eigenvalue weighted by atomic mass is 9.48. The second-order valence-electron chi connectivity index (χ2n) is 14.6. The van der Waals surface area contributed by atoms with Gasteiger partial charge >= 0.3 is 0 Å². The summed E-state index contributed by atoms with van der Waals surface area (Å²) in [6, 6.07) is 0. The van der Waals surface area contributed by atoms with Gasteiger partial charge in [0.2, 0.25) is 0 Å². The van der Waals surface area contributed by atoms with Crippen molar-refractivity contribution < 1.29 is 9.47 Å². The number of hydrogen-bond donors (Lipinski definition) is 0. The Kier molecular flexibility index (Phi) is 5.14. The van der Waals surface area contributed by atoms with E-state index in [4.69, 9.17) is 9.47 Å². The molecule has 0 radical (unpaired) electrons. The van der Waals surface area contributed by atoms with Gasteiger partial charge in [-0.15, -0.1) is 0 Å². The van der Waals surface area contributed by atoms with Gasteiger partial charge in [-0.3, -0.25) is 0 Å². The number of fused-ring (bicyclic) bond motifs is 6. The summed E-state index contributed by atoms with van der Waals surface area (Å²) in [6.07, 6.45) is 9.38. The van der Waals surface area contributed by atoms with E-state index in [1.54, 1.807) is 5.57 Å². The van der Waals surface area contributed by atoms with E-state index in [9.17, 15) is 0 Å². The van der Waals surface area contributed by atoms with Crippen LogP contribution in [0.2, 0.25) is 0 Å². The molecule has 186 valence electrons. The molecule has 0 bridgehead atoms. The van der Waals surface area contributed by atoms with Gasteiger partial charge in [0.1, 0.15) is 0 Å². The van der Waals surface area contributed by atoms with Crippen molar-refractivity contribution in [3.05, 3.63) is 11.1 Å². The fourth-order valence-corrected chi connectivity index (χ4v) is 11.5. The Morgan fingerprint density at radius 3 is 2.36 bits per heavy atom. The van der Waals surface area contributed by atoms with E-state index in [1.807, 2.05) is 5.57 Å². The topological polar surface area (TPSA) is 18.5 Å². The molecule has 2 saturated heterocycles. The van der Waals surface area contributed by atoms with Crippen molar-refractivity contribution in [1.82, 2.24) is 0 Å². The number of allylic oxidation sites excluding steroid dienone is 1. The first-order valence-electron chi connectivity index (χ1n) is 14.6. The Morgan fingerprint density at radius 1 is 0.909 bits per heavy atom. The Balaban J connectivity index is 1.40. The molecule has 2 heterocycles. The summed E-state index contributed by atoms with van der Waals surface area (Å²) >= 11 is 0. The van der Waals surface area contributed by atoms with Crippen LogP contribution >= 0.6 is 0 Å². The minimum absolute atomic E-state index is 0.0653. The van der Waals surface area contributed by atoms with Crippen LogP contribution in [0.3, 0.4) is 0 Å².